The van der Waals surface area contributed by atoms with Crippen LogP contribution in [0.15, 0.2) is 40.8 Å². The lowest BCUT2D eigenvalue weighted by molar-refractivity contribution is -0.136. The zero-order valence-electron chi connectivity index (χ0n) is 16.0. The molecule has 2 aromatic rings. The molecule has 0 radical (unpaired) electrons. The van der Waals surface area contributed by atoms with Crippen LogP contribution in [0.2, 0.25) is 0 Å². The molecule has 1 aromatic carbocycles. The number of carbonyl (C=O) groups excluding carboxylic acids is 2. The molecule has 0 unspecified atom stereocenters. The molecule has 6 heteroatoms. The number of benzene rings is 1. The third kappa shape index (κ3) is 5.44. The van der Waals surface area contributed by atoms with E-state index in [0.29, 0.717) is 18.2 Å². The maximum absolute atomic E-state index is 12.0. The van der Waals surface area contributed by atoms with E-state index in [-0.39, 0.29) is 0 Å². The molecular weight excluding hydrogens is 342 g/mol. The molecule has 1 saturated heterocycles. The van der Waals surface area contributed by atoms with E-state index in [1.54, 1.807) is 12.1 Å². The quantitative estimate of drug-likeness (QED) is 0.795. The Morgan fingerprint density at radius 1 is 1.11 bits per heavy atom. The minimum absolute atomic E-state index is 0.405. The second-order valence-corrected chi connectivity index (χ2v) is 7.19. The standard InChI is InChI=1S/C21H27N3O3/c1-15-12-18(16(2)27-15)14-24-10-8-17(9-11-24)13-22-20(25)21(26)23-19-6-4-3-5-7-19/h3-7,12,17H,8-11,13-14H2,1-2H3,(H,22,25)(H,23,26). The van der Waals surface area contributed by atoms with E-state index in [9.17, 15) is 9.59 Å². The number of furan rings is 1. The molecule has 1 aliphatic rings. The number of hydrogen-bond acceptors (Lipinski definition) is 4. The molecule has 0 atom stereocenters. The van der Waals surface area contributed by atoms with E-state index in [0.717, 1.165) is 44.0 Å². The van der Waals surface area contributed by atoms with Crippen LogP contribution < -0.4 is 10.6 Å². The second kappa shape index (κ2) is 8.86. The van der Waals surface area contributed by atoms with E-state index < -0.39 is 11.8 Å². The van der Waals surface area contributed by atoms with Crippen molar-refractivity contribution >= 4 is 17.5 Å². The molecule has 144 valence electrons. The minimum atomic E-state index is -0.621. The van der Waals surface area contributed by atoms with Crippen LogP contribution in [-0.2, 0) is 16.1 Å². The van der Waals surface area contributed by atoms with Crippen LogP contribution in [0, 0.1) is 19.8 Å². The van der Waals surface area contributed by atoms with Crippen molar-refractivity contribution < 1.29 is 14.0 Å². The number of piperidine rings is 1. The van der Waals surface area contributed by atoms with E-state index in [2.05, 4.69) is 21.6 Å². The first-order chi connectivity index (χ1) is 13.0. The van der Waals surface area contributed by atoms with Gasteiger partial charge in [0.15, 0.2) is 0 Å². The fraction of sp³-hybridized carbons (Fsp3) is 0.429. The van der Waals surface area contributed by atoms with Crippen LogP contribution in [0.3, 0.4) is 0 Å². The largest absolute Gasteiger partial charge is 0.466 e. The first-order valence-electron chi connectivity index (χ1n) is 9.44. The van der Waals surface area contributed by atoms with Crippen molar-refractivity contribution in [1.82, 2.24) is 10.2 Å². The highest BCUT2D eigenvalue weighted by Crippen LogP contribution is 2.21. The predicted octanol–water partition coefficient (Wildman–Crippen LogP) is 2.86. The lowest BCUT2D eigenvalue weighted by atomic mass is 9.96. The smallest absolute Gasteiger partial charge is 0.313 e. The summed E-state index contributed by atoms with van der Waals surface area (Å²) in [6.45, 7) is 7.39. The number of carbonyl (C=O) groups is 2. The zero-order chi connectivity index (χ0) is 19.2. The van der Waals surface area contributed by atoms with Crippen LogP contribution in [-0.4, -0.2) is 36.3 Å². The number of nitrogens with one attached hydrogen (secondary N) is 2. The molecule has 1 aromatic heterocycles. The number of nitrogens with zero attached hydrogens (tertiary/aromatic N) is 1. The summed E-state index contributed by atoms with van der Waals surface area (Å²) in [4.78, 5) is 26.3. The molecule has 0 bridgehead atoms. The summed E-state index contributed by atoms with van der Waals surface area (Å²) in [6, 6.07) is 11.1. The number of para-hydroxylation sites is 1. The molecule has 1 aliphatic heterocycles. The van der Waals surface area contributed by atoms with Gasteiger partial charge in [0, 0.05) is 24.3 Å². The average molecular weight is 369 g/mol. The first kappa shape index (κ1) is 19.2. The average Bonchev–Trinajstić information content (AvgIpc) is 2.98. The van der Waals surface area contributed by atoms with Gasteiger partial charge in [0.1, 0.15) is 11.5 Å². The number of amides is 2. The van der Waals surface area contributed by atoms with Crippen LogP contribution in [0.4, 0.5) is 5.69 Å². The summed E-state index contributed by atoms with van der Waals surface area (Å²) in [5.74, 6) is 1.15. The molecule has 2 N–H and O–H groups in total. The van der Waals surface area contributed by atoms with Gasteiger partial charge in [-0.15, -0.1) is 0 Å². The van der Waals surface area contributed by atoms with Gasteiger partial charge in [-0.05, 0) is 63.9 Å². The fourth-order valence-electron chi connectivity index (χ4n) is 3.46. The van der Waals surface area contributed by atoms with Crippen LogP contribution >= 0.6 is 0 Å². The van der Waals surface area contributed by atoms with Crippen molar-refractivity contribution in [2.75, 3.05) is 25.0 Å². The van der Waals surface area contributed by atoms with Crippen LogP contribution in [0.25, 0.3) is 0 Å². The number of anilines is 1. The molecule has 1 fully saturated rings. The summed E-state index contributed by atoms with van der Waals surface area (Å²) in [5.41, 5.74) is 1.87. The third-order valence-corrected chi connectivity index (χ3v) is 5.03. The molecule has 0 aliphatic carbocycles. The van der Waals surface area contributed by atoms with Crippen molar-refractivity contribution in [3.05, 3.63) is 53.5 Å². The SMILES string of the molecule is Cc1cc(CN2CCC(CNC(=O)C(=O)Nc3ccccc3)CC2)c(C)o1. The van der Waals surface area contributed by atoms with Gasteiger partial charge in [-0.2, -0.15) is 0 Å². The Morgan fingerprint density at radius 2 is 1.81 bits per heavy atom. The number of rotatable bonds is 5. The Labute approximate surface area is 159 Å². The highest BCUT2D eigenvalue weighted by atomic mass is 16.3. The van der Waals surface area contributed by atoms with Crippen LogP contribution in [0.5, 0.6) is 0 Å². The lowest BCUT2D eigenvalue weighted by Gasteiger charge is -2.31. The van der Waals surface area contributed by atoms with Crippen LogP contribution in [0.1, 0.15) is 29.9 Å². The van der Waals surface area contributed by atoms with Gasteiger partial charge in [-0.3, -0.25) is 14.5 Å². The molecule has 3 rings (SSSR count). The maximum Gasteiger partial charge on any atom is 0.313 e. The summed E-state index contributed by atoms with van der Waals surface area (Å²) < 4.78 is 5.60. The molecule has 2 heterocycles. The van der Waals surface area contributed by atoms with Gasteiger partial charge in [0.2, 0.25) is 0 Å². The van der Waals surface area contributed by atoms with Gasteiger partial charge in [-0.1, -0.05) is 18.2 Å². The third-order valence-electron chi connectivity index (χ3n) is 5.03. The maximum atomic E-state index is 12.0. The van der Waals surface area contributed by atoms with Crippen molar-refractivity contribution in [2.24, 2.45) is 5.92 Å². The van der Waals surface area contributed by atoms with Crippen molar-refractivity contribution in [1.29, 1.82) is 0 Å². The molecule has 0 saturated carbocycles. The second-order valence-electron chi connectivity index (χ2n) is 7.19. The highest BCUT2D eigenvalue weighted by Gasteiger charge is 2.22. The Morgan fingerprint density at radius 3 is 2.44 bits per heavy atom. The Hall–Kier alpha value is -2.60. The number of hydrogen-bond donors (Lipinski definition) is 2. The van der Waals surface area contributed by atoms with Gasteiger partial charge in [0.05, 0.1) is 0 Å². The molecule has 27 heavy (non-hydrogen) atoms. The number of aryl methyl sites for hydroxylation is 2. The van der Waals surface area contributed by atoms with Gasteiger partial charge >= 0.3 is 11.8 Å². The van der Waals surface area contributed by atoms with E-state index in [1.165, 1.54) is 5.56 Å². The highest BCUT2D eigenvalue weighted by molar-refractivity contribution is 6.39. The van der Waals surface area contributed by atoms with Crippen molar-refractivity contribution in [2.45, 2.75) is 33.2 Å². The summed E-state index contributed by atoms with van der Waals surface area (Å²) in [7, 11) is 0. The summed E-state index contributed by atoms with van der Waals surface area (Å²) in [5, 5.41) is 5.37. The van der Waals surface area contributed by atoms with E-state index >= 15 is 0 Å². The molecule has 2 amide bonds. The van der Waals surface area contributed by atoms with Gasteiger partial charge < -0.3 is 15.1 Å². The van der Waals surface area contributed by atoms with E-state index in [1.807, 2.05) is 32.0 Å². The van der Waals surface area contributed by atoms with Gasteiger partial charge in [-0.25, -0.2) is 0 Å². The Bertz CT molecular complexity index is 777. The predicted molar refractivity (Wildman–Crippen MR) is 104 cm³/mol. The van der Waals surface area contributed by atoms with E-state index in [4.69, 9.17) is 4.42 Å². The zero-order valence-corrected chi connectivity index (χ0v) is 16.0. The normalized spacial score (nSPS) is 15.5. The first-order valence-corrected chi connectivity index (χ1v) is 9.44. The molecule has 0 spiro atoms. The lowest BCUT2D eigenvalue weighted by Crippen LogP contribution is -2.41. The minimum Gasteiger partial charge on any atom is -0.466 e. The number of likely N-dealkylation sites (tertiary alicyclic amines) is 1. The Balaban J connectivity index is 1.38. The molecule has 6 nitrogen and oxygen atoms in total. The van der Waals surface area contributed by atoms with Gasteiger partial charge in [0.25, 0.3) is 0 Å². The Kier molecular flexibility index (Phi) is 6.29. The molecular formula is C21H27N3O3. The topological polar surface area (TPSA) is 74.6 Å². The fourth-order valence-corrected chi connectivity index (χ4v) is 3.46. The van der Waals surface area contributed by atoms with Crippen molar-refractivity contribution in [3.63, 3.8) is 0 Å². The monoisotopic (exact) mass is 369 g/mol. The summed E-state index contributed by atoms with van der Waals surface area (Å²) >= 11 is 0. The van der Waals surface area contributed by atoms with Crippen molar-refractivity contribution in [3.8, 4) is 0 Å². The summed E-state index contributed by atoms with van der Waals surface area (Å²) in [6.07, 6.45) is 2.02.